The van der Waals surface area contributed by atoms with E-state index in [1.807, 2.05) is 37.3 Å². The van der Waals surface area contributed by atoms with Crippen molar-refractivity contribution in [3.8, 4) is 6.07 Å². The van der Waals surface area contributed by atoms with E-state index in [9.17, 15) is 4.79 Å². The molecular formula is C16H15N3O. The van der Waals surface area contributed by atoms with Gasteiger partial charge in [-0.25, -0.2) is 0 Å². The van der Waals surface area contributed by atoms with Crippen LogP contribution in [0.4, 0.5) is 0 Å². The number of hydrogen-bond acceptors (Lipinski definition) is 3. The summed E-state index contributed by atoms with van der Waals surface area (Å²) in [5.74, 6) is -0.159. The van der Waals surface area contributed by atoms with Gasteiger partial charge in [0.1, 0.15) is 0 Å². The molecule has 0 unspecified atom stereocenters. The first-order chi connectivity index (χ1) is 9.69. The number of nitriles is 1. The lowest BCUT2D eigenvalue weighted by Crippen LogP contribution is -2.23. The number of rotatable bonds is 4. The largest absolute Gasteiger partial charge is 0.348 e. The van der Waals surface area contributed by atoms with Gasteiger partial charge in [0, 0.05) is 18.3 Å². The Morgan fingerprint density at radius 1 is 1.35 bits per heavy atom. The monoisotopic (exact) mass is 265 g/mol. The lowest BCUT2D eigenvalue weighted by molar-refractivity contribution is 0.0950. The molecule has 0 fully saturated rings. The van der Waals surface area contributed by atoms with Crippen molar-refractivity contribution in [2.24, 2.45) is 0 Å². The second-order valence-electron chi connectivity index (χ2n) is 4.54. The number of aryl methyl sites for hydroxylation is 1. The van der Waals surface area contributed by atoms with Gasteiger partial charge < -0.3 is 5.32 Å². The molecule has 4 nitrogen and oxygen atoms in total. The van der Waals surface area contributed by atoms with Crippen LogP contribution in [0.5, 0.6) is 0 Å². The molecule has 0 radical (unpaired) electrons. The highest BCUT2D eigenvalue weighted by Gasteiger charge is 2.06. The molecule has 0 bridgehead atoms. The van der Waals surface area contributed by atoms with Crippen molar-refractivity contribution < 1.29 is 4.79 Å². The maximum absolute atomic E-state index is 12.0. The molecule has 1 amide bonds. The smallest absolute Gasteiger partial charge is 0.251 e. The van der Waals surface area contributed by atoms with Gasteiger partial charge in [-0.3, -0.25) is 9.78 Å². The summed E-state index contributed by atoms with van der Waals surface area (Å²) in [7, 11) is 0. The standard InChI is InChI=1S/C16H15N3O/c1-12-3-2-4-13(9-12)11-19-16(20)14-6-8-18-15(10-14)5-7-17/h2-4,6,8-10H,5,11H2,1H3,(H,19,20). The molecule has 0 saturated carbocycles. The molecular weight excluding hydrogens is 250 g/mol. The first-order valence-corrected chi connectivity index (χ1v) is 6.34. The molecule has 0 aliphatic heterocycles. The molecule has 2 rings (SSSR count). The van der Waals surface area contributed by atoms with Gasteiger partial charge in [-0.15, -0.1) is 0 Å². The number of carbonyl (C=O) groups is 1. The molecule has 0 saturated heterocycles. The third-order valence-electron chi connectivity index (χ3n) is 2.87. The summed E-state index contributed by atoms with van der Waals surface area (Å²) < 4.78 is 0. The predicted molar refractivity (Wildman–Crippen MR) is 75.9 cm³/mol. The van der Waals surface area contributed by atoms with Crippen molar-refractivity contribution in [3.63, 3.8) is 0 Å². The van der Waals surface area contributed by atoms with Crippen molar-refractivity contribution in [1.82, 2.24) is 10.3 Å². The summed E-state index contributed by atoms with van der Waals surface area (Å²) in [6.07, 6.45) is 1.76. The van der Waals surface area contributed by atoms with E-state index in [0.29, 0.717) is 17.8 Å². The van der Waals surface area contributed by atoms with Crippen LogP contribution in [-0.4, -0.2) is 10.9 Å². The van der Waals surface area contributed by atoms with E-state index in [1.165, 1.54) is 0 Å². The van der Waals surface area contributed by atoms with Crippen LogP contribution >= 0.6 is 0 Å². The summed E-state index contributed by atoms with van der Waals surface area (Å²) in [5.41, 5.74) is 3.36. The molecule has 4 heteroatoms. The number of amides is 1. The average Bonchev–Trinajstić information content (AvgIpc) is 2.45. The zero-order valence-electron chi connectivity index (χ0n) is 11.3. The normalized spacial score (nSPS) is 9.80. The Balaban J connectivity index is 2.01. The van der Waals surface area contributed by atoms with Gasteiger partial charge in [0.2, 0.25) is 0 Å². The number of nitrogens with zero attached hydrogens (tertiary/aromatic N) is 2. The summed E-state index contributed by atoms with van der Waals surface area (Å²) in [5, 5.41) is 11.5. The Morgan fingerprint density at radius 3 is 2.95 bits per heavy atom. The molecule has 0 spiro atoms. The number of nitrogens with one attached hydrogen (secondary N) is 1. The van der Waals surface area contributed by atoms with Crippen LogP contribution < -0.4 is 5.32 Å². The van der Waals surface area contributed by atoms with Crippen molar-refractivity contribution in [2.75, 3.05) is 0 Å². The molecule has 1 aromatic heterocycles. The van der Waals surface area contributed by atoms with Gasteiger partial charge in [-0.1, -0.05) is 29.8 Å². The number of carbonyl (C=O) groups excluding carboxylic acids is 1. The van der Waals surface area contributed by atoms with Gasteiger partial charge in [0.15, 0.2) is 0 Å². The van der Waals surface area contributed by atoms with Gasteiger partial charge in [0.05, 0.1) is 18.2 Å². The average molecular weight is 265 g/mol. The first-order valence-electron chi connectivity index (χ1n) is 6.34. The summed E-state index contributed by atoms with van der Waals surface area (Å²) in [6.45, 7) is 2.50. The Hall–Kier alpha value is -2.67. The minimum Gasteiger partial charge on any atom is -0.348 e. The lowest BCUT2D eigenvalue weighted by Gasteiger charge is -2.06. The zero-order chi connectivity index (χ0) is 14.4. The highest BCUT2D eigenvalue weighted by atomic mass is 16.1. The second-order valence-corrected chi connectivity index (χ2v) is 4.54. The molecule has 0 aliphatic rings. The Kier molecular flexibility index (Phi) is 4.46. The van der Waals surface area contributed by atoms with Crippen LogP contribution in [0.15, 0.2) is 42.6 Å². The van der Waals surface area contributed by atoms with Crippen LogP contribution in [0.1, 0.15) is 27.2 Å². The van der Waals surface area contributed by atoms with Crippen LogP contribution in [0.3, 0.4) is 0 Å². The Labute approximate surface area is 118 Å². The summed E-state index contributed by atoms with van der Waals surface area (Å²) in [6, 6.07) is 13.3. The molecule has 0 aliphatic carbocycles. The molecule has 0 atom stereocenters. The quantitative estimate of drug-likeness (QED) is 0.923. The SMILES string of the molecule is Cc1cccc(CNC(=O)c2ccnc(CC#N)c2)c1. The maximum atomic E-state index is 12.0. The van der Waals surface area contributed by atoms with Crippen LogP contribution in [0.2, 0.25) is 0 Å². The Morgan fingerprint density at radius 2 is 2.20 bits per heavy atom. The predicted octanol–water partition coefficient (Wildman–Crippen LogP) is 2.39. The van der Waals surface area contributed by atoms with E-state index in [0.717, 1.165) is 11.1 Å². The fourth-order valence-electron chi connectivity index (χ4n) is 1.90. The van der Waals surface area contributed by atoms with E-state index in [1.54, 1.807) is 18.3 Å². The van der Waals surface area contributed by atoms with E-state index < -0.39 is 0 Å². The van der Waals surface area contributed by atoms with Gasteiger partial charge >= 0.3 is 0 Å². The molecule has 20 heavy (non-hydrogen) atoms. The van der Waals surface area contributed by atoms with Crippen molar-refractivity contribution in [2.45, 2.75) is 19.9 Å². The fourth-order valence-corrected chi connectivity index (χ4v) is 1.90. The van der Waals surface area contributed by atoms with Crippen LogP contribution in [0.25, 0.3) is 0 Å². The molecule has 100 valence electrons. The fraction of sp³-hybridized carbons (Fsp3) is 0.188. The van der Waals surface area contributed by atoms with Gasteiger partial charge in [-0.2, -0.15) is 5.26 Å². The van der Waals surface area contributed by atoms with Crippen LogP contribution in [0, 0.1) is 18.3 Å². The van der Waals surface area contributed by atoms with Gasteiger partial charge in [0.25, 0.3) is 5.91 Å². The van der Waals surface area contributed by atoms with Crippen molar-refractivity contribution in [1.29, 1.82) is 5.26 Å². The lowest BCUT2D eigenvalue weighted by atomic mass is 10.1. The molecule has 1 aromatic carbocycles. The third kappa shape index (κ3) is 3.66. The zero-order valence-corrected chi connectivity index (χ0v) is 11.3. The van der Waals surface area contributed by atoms with E-state index >= 15 is 0 Å². The topological polar surface area (TPSA) is 65.8 Å². The first kappa shape index (κ1) is 13.8. The number of benzene rings is 1. The number of aromatic nitrogens is 1. The van der Waals surface area contributed by atoms with E-state index in [4.69, 9.17) is 5.26 Å². The van der Waals surface area contributed by atoms with Crippen LogP contribution in [-0.2, 0) is 13.0 Å². The highest BCUT2D eigenvalue weighted by molar-refractivity contribution is 5.94. The minimum absolute atomic E-state index is 0.159. The summed E-state index contributed by atoms with van der Waals surface area (Å²) in [4.78, 5) is 16.1. The number of hydrogen-bond donors (Lipinski definition) is 1. The third-order valence-corrected chi connectivity index (χ3v) is 2.87. The van der Waals surface area contributed by atoms with Gasteiger partial charge in [-0.05, 0) is 24.6 Å². The maximum Gasteiger partial charge on any atom is 0.251 e. The second kappa shape index (κ2) is 6.48. The van der Waals surface area contributed by atoms with E-state index in [-0.39, 0.29) is 12.3 Å². The highest BCUT2D eigenvalue weighted by Crippen LogP contribution is 2.05. The number of pyridine rings is 1. The molecule has 1 N–H and O–H groups in total. The van der Waals surface area contributed by atoms with E-state index in [2.05, 4.69) is 10.3 Å². The van der Waals surface area contributed by atoms with Crippen molar-refractivity contribution >= 4 is 5.91 Å². The van der Waals surface area contributed by atoms with Crippen molar-refractivity contribution in [3.05, 3.63) is 65.0 Å². The minimum atomic E-state index is -0.159. The Bertz CT molecular complexity index is 659. The molecule has 1 heterocycles. The summed E-state index contributed by atoms with van der Waals surface area (Å²) >= 11 is 0. The molecule has 2 aromatic rings.